The van der Waals surface area contributed by atoms with E-state index in [0.717, 1.165) is 31.4 Å². The van der Waals surface area contributed by atoms with Crippen molar-refractivity contribution in [3.63, 3.8) is 0 Å². The zero-order valence-corrected chi connectivity index (χ0v) is 11.2. The molecule has 1 aromatic carbocycles. The summed E-state index contributed by atoms with van der Waals surface area (Å²) in [5.74, 6) is 0.243. The van der Waals surface area contributed by atoms with Gasteiger partial charge in [0, 0.05) is 0 Å². The van der Waals surface area contributed by atoms with Crippen LogP contribution in [0.2, 0.25) is 0 Å². The molecule has 3 heteroatoms. The number of primary amides is 1. The van der Waals surface area contributed by atoms with Gasteiger partial charge in [-0.3, -0.25) is 10.1 Å². The Labute approximate surface area is 109 Å². The molecule has 0 aliphatic heterocycles. The van der Waals surface area contributed by atoms with E-state index >= 15 is 0 Å². The van der Waals surface area contributed by atoms with E-state index in [-0.39, 0.29) is 5.91 Å². The van der Waals surface area contributed by atoms with Crippen LogP contribution in [0.3, 0.4) is 0 Å². The minimum Gasteiger partial charge on any atom is -0.368 e. The molecule has 0 aromatic heterocycles. The Morgan fingerprint density at radius 1 is 1.50 bits per heavy atom. The molecular formula is C15H22N2O. The van der Waals surface area contributed by atoms with E-state index in [1.165, 1.54) is 5.56 Å². The number of rotatable bonds is 4. The average Bonchev–Trinajstić information content (AvgIpc) is 2.38. The third kappa shape index (κ3) is 2.03. The van der Waals surface area contributed by atoms with E-state index in [0.29, 0.717) is 5.92 Å². The van der Waals surface area contributed by atoms with Gasteiger partial charge < -0.3 is 5.73 Å². The molecule has 0 spiro atoms. The van der Waals surface area contributed by atoms with Crippen LogP contribution in [0.5, 0.6) is 0 Å². The molecule has 2 rings (SSSR count). The Hall–Kier alpha value is -1.35. The van der Waals surface area contributed by atoms with E-state index in [9.17, 15) is 4.79 Å². The van der Waals surface area contributed by atoms with Gasteiger partial charge in [0.05, 0.1) is 0 Å². The number of amides is 1. The largest absolute Gasteiger partial charge is 0.368 e. The third-order valence-electron chi connectivity index (χ3n) is 4.00. The summed E-state index contributed by atoms with van der Waals surface area (Å²) >= 11 is 0. The van der Waals surface area contributed by atoms with Gasteiger partial charge in [0.1, 0.15) is 5.54 Å². The van der Waals surface area contributed by atoms with Crippen LogP contribution in [0.1, 0.15) is 50.2 Å². The fourth-order valence-corrected chi connectivity index (χ4v) is 2.90. The van der Waals surface area contributed by atoms with Crippen LogP contribution in [0.25, 0.3) is 0 Å². The summed E-state index contributed by atoms with van der Waals surface area (Å²) in [6, 6.07) is 8.18. The van der Waals surface area contributed by atoms with Crippen molar-refractivity contribution in [1.29, 1.82) is 0 Å². The van der Waals surface area contributed by atoms with Gasteiger partial charge >= 0.3 is 0 Å². The Morgan fingerprint density at radius 3 is 2.89 bits per heavy atom. The van der Waals surface area contributed by atoms with Gasteiger partial charge in [-0.1, -0.05) is 38.1 Å². The van der Waals surface area contributed by atoms with Crippen LogP contribution in [0.4, 0.5) is 0 Å². The summed E-state index contributed by atoms with van der Waals surface area (Å²) in [5.41, 5.74) is 7.36. The first-order valence-corrected chi connectivity index (χ1v) is 6.76. The molecule has 1 aliphatic carbocycles. The zero-order valence-electron chi connectivity index (χ0n) is 11.2. The molecule has 0 fully saturated rings. The predicted molar refractivity (Wildman–Crippen MR) is 73.3 cm³/mol. The molecular weight excluding hydrogens is 224 g/mol. The van der Waals surface area contributed by atoms with Crippen molar-refractivity contribution in [3.05, 3.63) is 35.4 Å². The summed E-state index contributed by atoms with van der Waals surface area (Å²) in [6.45, 7) is 5.12. The predicted octanol–water partition coefficient (Wildman–Crippen LogP) is 2.26. The summed E-state index contributed by atoms with van der Waals surface area (Å²) in [4.78, 5) is 12.0. The average molecular weight is 246 g/mol. The normalized spacial score (nSPS) is 26.7. The Kier molecular flexibility index (Phi) is 3.71. The van der Waals surface area contributed by atoms with Crippen LogP contribution in [-0.4, -0.2) is 12.5 Å². The number of hydrogen-bond acceptors (Lipinski definition) is 2. The quantitative estimate of drug-likeness (QED) is 0.856. The molecule has 1 aliphatic rings. The number of carbonyl (C=O) groups excluding carboxylic acids is 1. The number of carbonyl (C=O) groups is 1. The molecule has 2 unspecified atom stereocenters. The van der Waals surface area contributed by atoms with Crippen LogP contribution >= 0.6 is 0 Å². The lowest BCUT2D eigenvalue weighted by Crippen LogP contribution is -2.54. The second-order valence-electron chi connectivity index (χ2n) is 5.22. The second kappa shape index (κ2) is 5.11. The molecule has 98 valence electrons. The molecule has 0 bridgehead atoms. The van der Waals surface area contributed by atoms with Gasteiger partial charge in [0.25, 0.3) is 0 Å². The van der Waals surface area contributed by atoms with Crippen LogP contribution in [0, 0.1) is 0 Å². The lowest BCUT2D eigenvalue weighted by atomic mass is 9.72. The van der Waals surface area contributed by atoms with Crippen LogP contribution < -0.4 is 11.1 Å². The topological polar surface area (TPSA) is 55.1 Å². The minimum absolute atomic E-state index is 0.254. The molecule has 0 radical (unpaired) electrons. The Balaban J connectivity index is 2.48. The van der Waals surface area contributed by atoms with Crippen molar-refractivity contribution >= 4 is 5.91 Å². The number of fused-ring (bicyclic) bond motifs is 1. The van der Waals surface area contributed by atoms with Gasteiger partial charge in [-0.15, -0.1) is 0 Å². The van der Waals surface area contributed by atoms with Crippen molar-refractivity contribution in [3.8, 4) is 0 Å². The smallest absolute Gasteiger partial charge is 0.242 e. The Bertz CT molecular complexity index is 444. The SMILES string of the molecule is CCCNC1(C(N)=O)CCC(C)c2ccccc21. The number of nitrogens with one attached hydrogen (secondary N) is 1. The van der Waals surface area contributed by atoms with Gasteiger partial charge in [0.15, 0.2) is 0 Å². The fourth-order valence-electron chi connectivity index (χ4n) is 2.90. The highest BCUT2D eigenvalue weighted by Gasteiger charge is 2.42. The third-order valence-corrected chi connectivity index (χ3v) is 4.00. The summed E-state index contributed by atoms with van der Waals surface area (Å²) in [5, 5.41) is 3.39. The number of nitrogens with two attached hydrogens (primary N) is 1. The van der Waals surface area contributed by atoms with Crippen molar-refractivity contribution in [2.75, 3.05) is 6.54 Å². The maximum atomic E-state index is 12.0. The van der Waals surface area contributed by atoms with E-state index in [2.05, 4.69) is 25.2 Å². The van der Waals surface area contributed by atoms with Gasteiger partial charge in [-0.2, -0.15) is 0 Å². The highest BCUT2D eigenvalue weighted by molar-refractivity contribution is 5.87. The summed E-state index contributed by atoms with van der Waals surface area (Å²) < 4.78 is 0. The standard InChI is InChI=1S/C15H22N2O/c1-3-10-17-15(14(16)18)9-8-11(2)12-6-4-5-7-13(12)15/h4-7,11,17H,3,8-10H2,1-2H3,(H2,16,18). The van der Waals surface area contributed by atoms with Crippen LogP contribution in [0.15, 0.2) is 24.3 Å². The first-order chi connectivity index (χ1) is 8.62. The molecule has 1 amide bonds. The number of hydrogen-bond donors (Lipinski definition) is 2. The van der Waals surface area contributed by atoms with Gasteiger partial charge in [-0.05, 0) is 42.9 Å². The van der Waals surface area contributed by atoms with E-state index < -0.39 is 5.54 Å². The molecule has 2 atom stereocenters. The maximum Gasteiger partial charge on any atom is 0.242 e. The monoisotopic (exact) mass is 246 g/mol. The lowest BCUT2D eigenvalue weighted by Gasteiger charge is -2.39. The molecule has 3 N–H and O–H groups in total. The molecule has 0 heterocycles. The zero-order chi connectivity index (χ0) is 13.2. The summed E-state index contributed by atoms with van der Waals surface area (Å²) in [6.07, 6.45) is 2.78. The fraction of sp³-hybridized carbons (Fsp3) is 0.533. The highest BCUT2D eigenvalue weighted by Crippen LogP contribution is 2.41. The Morgan fingerprint density at radius 2 is 2.22 bits per heavy atom. The first-order valence-electron chi connectivity index (χ1n) is 6.76. The van der Waals surface area contributed by atoms with Crippen molar-refractivity contribution in [2.24, 2.45) is 5.73 Å². The van der Waals surface area contributed by atoms with E-state index in [1.807, 2.05) is 18.2 Å². The van der Waals surface area contributed by atoms with Gasteiger partial charge in [0.2, 0.25) is 5.91 Å². The minimum atomic E-state index is -0.668. The first kappa shape index (κ1) is 13.1. The van der Waals surface area contributed by atoms with Crippen molar-refractivity contribution in [2.45, 2.75) is 44.6 Å². The van der Waals surface area contributed by atoms with E-state index in [1.54, 1.807) is 0 Å². The summed E-state index contributed by atoms with van der Waals surface area (Å²) in [7, 11) is 0. The molecule has 0 saturated carbocycles. The lowest BCUT2D eigenvalue weighted by molar-refractivity contribution is -0.125. The molecule has 3 nitrogen and oxygen atoms in total. The number of benzene rings is 1. The molecule has 18 heavy (non-hydrogen) atoms. The highest BCUT2D eigenvalue weighted by atomic mass is 16.1. The van der Waals surface area contributed by atoms with Gasteiger partial charge in [-0.25, -0.2) is 0 Å². The van der Waals surface area contributed by atoms with E-state index in [4.69, 9.17) is 5.73 Å². The maximum absolute atomic E-state index is 12.0. The van der Waals surface area contributed by atoms with Crippen LogP contribution in [-0.2, 0) is 10.3 Å². The molecule has 0 saturated heterocycles. The second-order valence-corrected chi connectivity index (χ2v) is 5.22. The molecule has 1 aromatic rings. The van der Waals surface area contributed by atoms with Crippen molar-refractivity contribution in [1.82, 2.24) is 5.32 Å². The van der Waals surface area contributed by atoms with Crippen molar-refractivity contribution < 1.29 is 4.79 Å².